The van der Waals surface area contributed by atoms with Crippen LogP contribution in [0.5, 0.6) is 0 Å². The van der Waals surface area contributed by atoms with Gasteiger partial charge in [-0.15, -0.1) is 0 Å². The molecular formula is C17H25N3O. The fourth-order valence-corrected chi connectivity index (χ4v) is 3.53. The average Bonchev–Trinajstić information content (AvgIpc) is 3.05. The number of hydrogen-bond acceptors (Lipinski definition) is 3. The highest BCUT2D eigenvalue weighted by atomic mass is 16.2. The highest BCUT2D eigenvalue weighted by Gasteiger charge is 2.40. The summed E-state index contributed by atoms with van der Waals surface area (Å²) < 4.78 is 0. The molecule has 1 unspecified atom stereocenters. The number of nitrogens with zero attached hydrogens (tertiary/aromatic N) is 1. The maximum Gasteiger partial charge on any atom is 0.238 e. The summed E-state index contributed by atoms with van der Waals surface area (Å²) >= 11 is 0. The molecule has 1 aromatic carbocycles. The monoisotopic (exact) mass is 287 g/mol. The summed E-state index contributed by atoms with van der Waals surface area (Å²) in [6.45, 7) is 9.00. The number of carbonyl (C=O) groups is 1. The highest BCUT2D eigenvalue weighted by molar-refractivity contribution is 5.92. The Kier molecular flexibility index (Phi) is 4.00. The molecule has 114 valence electrons. The zero-order chi connectivity index (χ0) is 14.9. The molecule has 0 aliphatic carbocycles. The second-order valence-electron chi connectivity index (χ2n) is 6.73. The first kappa shape index (κ1) is 14.5. The average molecular weight is 287 g/mol. The van der Waals surface area contributed by atoms with Crippen LogP contribution in [0, 0.1) is 19.3 Å². The molecule has 0 bridgehead atoms. The van der Waals surface area contributed by atoms with Crippen LogP contribution in [-0.2, 0) is 4.79 Å². The summed E-state index contributed by atoms with van der Waals surface area (Å²) in [7, 11) is 0. The van der Waals surface area contributed by atoms with Gasteiger partial charge in [-0.25, -0.2) is 0 Å². The molecule has 1 spiro atoms. The molecule has 2 saturated heterocycles. The molecule has 2 aliphatic heterocycles. The van der Waals surface area contributed by atoms with Crippen LogP contribution in [0.3, 0.4) is 0 Å². The van der Waals surface area contributed by atoms with Crippen molar-refractivity contribution < 1.29 is 4.79 Å². The van der Waals surface area contributed by atoms with Gasteiger partial charge in [0.25, 0.3) is 0 Å². The van der Waals surface area contributed by atoms with E-state index < -0.39 is 0 Å². The van der Waals surface area contributed by atoms with E-state index in [2.05, 4.69) is 35.4 Å². The topological polar surface area (TPSA) is 44.4 Å². The van der Waals surface area contributed by atoms with Crippen LogP contribution >= 0.6 is 0 Å². The van der Waals surface area contributed by atoms with E-state index in [-0.39, 0.29) is 5.91 Å². The molecule has 1 aromatic rings. The van der Waals surface area contributed by atoms with Gasteiger partial charge in [0, 0.05) is 18.8 Å². The van der Waals surface area contributed by atoms with Gasteiger partial charge in [-0.3, -0.25) is 9.69 Å². The maximum atomic E-state index is 12.2. The van der Waals surface area contributed by atoms with Crippen molar-refractivity contribution >= 4 is 11.6 Å². The van der Waals surface area contributed by atoms with Crippen molar-refractivity contribution in [2.45, 2.75) is 26.7 Å². The lowest BCUT2D eigenvalue weighted by atomic mass is 9.87. The highest BCUT2D eigenvalue weighted by Crippen LogP contribution is 2.35. The van der Waals surface area contributed by atoms with Gasteiger partial charge in [-0.2, -0.15) is 0 Å². The number of anilines is 1. The number of amides is 1. The molecule has 4 heteroatoms. The van der Waals surface area contributed by atoms with Gasteiger partial charge in [0.2, 0.25) is 5.91 Å². The van der Waals surface area contributed by atoms with Crippen molar-refractivity contribution in [3.05, 3.63) is 29.3 Å². The van der Waals surface area contributed by atoms with Crippen LogP contribution in [0.25, 0.3) is 0 Å². The minimum atomic E-state index is 0.0984. The molecule has 0 saturated carbocycles. The molecular weight excluding hydrogens is 262 g/mol. The second-order valence-corrected chi connectivity index (χ2v) is 6.73. The van der Waals surface area contributed by atoms with Gasteiger partial charge in [0.05, 0.1) is 6.54 Å². The zero-order valence-electron chi connectivity index (χ0n) is 13.0. The predicted molar refractivity (Wildman–Crippen MR) is 85.5 cm³/mol. The standard InChI is InChI=1S/C17H25N3O/c1-13-3-4-15(9-14(13)2)19-16(21)10-20-8-6-17(12-20)5-7-18-11-17/h3-4,9,18H,5-8,10-12H2,1-2H3,(H,19,21). The summed E-state index contributed by atoms with van der Waals surface area (Å²) in [5.41, 5.74) is 3.80. The lowest BCUT2D eigenvalue weighted by Gasteiger charge is -2.22. The van der Waals surface area contributed by atoms with E-state index in [1.54, 1.807) is 0 Å². The SMILES string of the molecule is Cc1ccc(NC(=O)CN2CCC3(CCNC3)C2)cc1C. The lowest BCUT2D eigenvalue weighted by molar-refractivity contribution is -0.117. The van der Waals surface area contributed by atoms with Crippen molar-refractivity contribution in [3.63, 3.8) is 0 Å². The van der Waals surface area contributed by atoms with Crippen LogP contribution in [0.15, 0.2) is 18.2 Å². The number of hydrogen-bond donors (Lipinski definition) is 2. The number of benzene rings is 1. The first-order valence-electron chi connectivity index (χ1n) is 7.87. The molecule has 4 nitrogen and oxygen atoms in total. The van der Waals surface area contributed by atoms with Crippen molar-refractivity contribution in [2.75, 3.05) is 38.0 Å². The van der Waals surface area contributed by atoms with Crippen molar-refractivity contribution in [1.82, 2.24) is 10.2 Å². The minimum absolute atomic E-state index is 0.0984. The Labute approximate surface area is 126 Å². The van der Waals surface area contributed by atoms with Crippen molar-refractivity contribution in [2.24, 2.45) is 5.41 Å². The molecule has 0 radical (unpaired) electrons. The Morgan fingerprint density at radius 1 is 1.33 bits per heavy atom. The zero-order valence-corrected chi connectivity index (χ0v) is 13.0. The third kappa shape index (κ3) is 3.27. The van der Waals surface area contributed by atoms with E-state index >= 15 is 0 Å². The summed E-state index contributed by atoms with van der Waals surface area (Å²) in [6.07, 6.45) is 2.47. The summed E-state index contributed by atoms with van der Waals surface area (Å²) in [5, 5.41) is 6.47. The fraction of sp³-hybridized carbons (Fsp3) is 0.588. The molecule has 2 fully saturated rings. The number of aryl methyl sites for hydroxylation is 2. The molecule has 1 amide bonds. The van der Waals surface area contributed by atoms with Crippen LogP contribution in [0.2, 0.25) is 0 Å². The smallest absolute Gasteiger partial charge is 0.238 e. The third-order valence-electron chi connectivity index (χ3n) is 5.01. The molecule has 21 heavy (non-hydrogen) atoms. The number of likely N-dealkylation sites (tertiary alicyclic amines) is 1. The first-order valence-corrected chi connectivity index (χ1v) is 7.87. The lowest BCUT2D eigenvalue weighted by Crippen LogP contribution is -2.34. The Bertz CT molecular complexity index is 535. The fourth-order valence-electron chi connectivity index (χ4n) is 3.53. The van der Waals surface area contributed by atoms with Crippen LogP contribution in [-0.4, -0.2) is 43.5 Å². The minimum Gasteiger partial charge on any atom is -0.325 e. The summed E-state index contributed by atoms with van der Waals surface area (Å²) in [4.78, 5) is 14.5. The van der Waals surface area contributed by atoms with E-state index in [1.165, 1.54) is 24.0 Å². The second kappa shape index (κ2) is 5.78. The quantitative estimate of drug-likeness (QED) is 0.893. The van der Waals surface area contributed by atoms with Gasteiger partial charge in [0.15, 0.2) is 0 Å². The largest absolute Gasteiger partial charge is 0.325 e. The molecule has 2 N–H and O–H groups in total. The predicted octanol–water partition coefficient (Wildman–Crippen LogP) is 1.93. The van der Waals surface area contributed by atoms with Crippen LogP contribution in [0.4, 0.5) is 5.69 Å². The summed E-state index contributed by atoms with van der Waals surface area (Å²) in [6, 6.07) is 6.08. The Hall–Kier alpha value is -1.39. The van der Waals surface area contributed by atoms with Crippen molar-refractivity contribution in [3.8, 4) is 0 Å². The van der Waals surface area contributed by atoms with Crippen LogP contribution < -0.4 is 10.6 Å². The van der Waals surface area contributed by atoms with E-state index in [0.29, 0.717) is 12.0 Å². The van der Waals surface area contributed by atoms with Gasteiger partial charge >= 0.3 is 0 Å². The molecule has 1 atom stereocenters. The van der Waals surface area contributed by atoms with E-state index in [0.717, 1.165) is 31.9 Å². The van der Waals surface area contributed by atoms with Crippen LogP contribution in [0.1, 0.15) is 24.0 Å². The Morgan fingerprint density at radius 3 is 2.90 bits per heavy atom. The molecule has 0 aromatic heterocycles. The number of rotatable bonds is 3. The van der Waals surface area contributed by atoms with E-state index in [9.17, 15) is 4.79 Å². The van der Waals surface area contributed by atoms with E-state index in [1.807, 2.05) is 12.1 Å². The van der Waals surface area contributed by atoms with Gasteiger partial charge in [-0.05, 0) is 68.5 Å². The maximum absolute atomic E-state index is 12.2. The molecule has 2 heterocycles. The Balaban J connectivity index is 1.53. The Morgan fingerprint density at radius 2 is 2.19 bits per heavy atom. The summed E-state index contributed by atoms with van der Waals surface area (Å²) in [5.74, 6) is 0.0984. The van der Waals surface area contributed by atoms with E-state index in [4.69, 9.17) is 0 Å². The molecule has 3 rings (SSSR count). The number of nitrogens with one attached hydrogen (secondary N) is 2. The van der Waals surface area contributed by atoms with Gasteiger partial charge in [0.1, 0.15) is 0 Å². The molecule has 2 aliphatic rings. The number of carbonyl (C=O) groups excluding carboxylic acids is 1. The normalized spacial score (nSPS) is 25.6. The van der Waals surface area contributed by atoms with Crippen molar-refractivity contribution in [1.29, 1.82) is 0 Å². The van der Waals surface area contributed by atoms with Gasteiger partial charge < -0.3 is 10.6 Å². The van der Waals surface area contributed by atoms with Gasteiger partial charge in [-0.1, -0.05) is 6.07 Å². The first-order chi connectivity index (χ1) is 10.1. The third-order valence-corrected chi connectivity index (χ3v) is 5.01.